The number of carboxylic acid groups (broad SMARTS) is 1. The van der Waals surface area contributed by atoms with Gasteiger partial charge in [-0.25, -0.2) is 18.1 Å². The summed E-state index contributed by atoms with van der Waals surface area (Å²) in [6, 6.07) is 10.2. The number of thioether (sulfide) groups is 1. The monoisotopic (exact) mass is 678 g/mol. The number of nitrogens with one attached hydrogen (secondary N) is 2. The molecule has 3 aromatic rings. The molecule has 0 radical (unpaired) electrons. The van der Waals surface area contributed by atoms with E-state index in [1.54, 1.807) is 14.0 Å². The van der Waals surface area contributed by atoms with E-state index in [1.165, 1.54) is 30.0 Å². The van der Waals surface area contributed by atoms with E-state index >= 15 is 0 Å². The van der Waals surface area contributed by atoms with E-state index < -0.39 is 34.6 Å². The number of para-hydroxylation sites is 2. The van der Waals surface area contributed by atoms with Crippen LogP contribution in [-0.2, 0) is 35.7 Å². The quantitative estimate of drug-likeness (QED) is 0.0903. The molecule has 0 saturated carbocycles. The molecule has 3 rings (SSSR count). The minimum absolute atomic E-state index is 0.0863. The van der Waals surface area contributed by atoms with Gasteiger partial charge in [-0.05, 0) is 52.3 Å². The average Bonchev–Trinajstić information content (AvgIpc) is 3.32. The molecule has 1 unspecified atom stereocenters. The number of carbonyl (C=O) groups is 3. The fourth-order valence-electron chi connectivity index (χ4n) is 4.43. The molecule has 0 aliphatic heterocycles. The van der Waals surface area contributed by atoms with E-state index in [4.69, 9.17) is 19.6 Å². The highest BCUT2D eigenvalue weighted by Gasteiger charge is 2.27. The number of anilines is 1. The van der Waals surface area contributed by atoms with E-state index in [9.17, 15) is 22.8 Å². The second-order valence-electron chi connectivity index (χ2n) is 11.0. The number of benzene rings is 2. The van der Waals surface area contributed by atoms with Crippen molar-refractivity contribution in [1.29, 1.82) is 0 Å². The van der Waals surface area contributed by atoms with Crippen molar-refractivity contribution in [2.24, 2.45) is 0 Å². The first-order chi connectivity index (χ1) is 21.8. The number of aromatic nitrogens is 2. The van der Waals surface area contributed by atoms with Gasteiger partial charge in [-0.1, -0.05) is 23.9 Å². The third-order valence-electron chi connectivity index (χ3n) is 6.63. The largest absolute Gasteiger partial charge is 0.487 e. The van der Waals surface area contributed by atoms with E-state index in [-0.39, 0.29) is 29.4 Å². The van der Waals surface area contributed by atoms with Gasteiger partial charge in [0.25, 0.3) is 0 Å². The Kier molecular flexibility index (Phi) is 14.0. The van der Waals surface area contributed by atoms with Crippen LogP contribution in [0.3, 0.4) is 0 Å². The summed E-state index contributed by atoms with van der Waals surface area (Å²) < 4.78 is 42.4. The maximum absolute atomic E-state index is 13.4. The van der Waals surface area contributed by atoms with Crippen LogP contribution in [0.5, 0.6) is 5.75 Å². The van der Waals surface area contributed by atoms with Crippen LogP contribution in [0.25, 0.3) is 11.0 Å². The van der Waals surface area contributed by atoms with E-state index in [0.29, 0.717) is 31.1 Å². The van der Waals surface area contributed by atoms with Crippen LogP contribution >= 0.6 is 11.8 Å². The maximum Gasteiger partial charge on any atom is 0.305 e. The van der Waals surface area contributed by atoms with Crippen molar-refractivity contribution in [1.82, 2.24) is 24.1 Å². The summed E-state index contributed by atoms with van der Waals surface area (Å²) in [5.74, 6) is -1.07. The van der Waals surface area contributed by atoms with Crippen molar-refractivity contribution in [3.05, 3.63) is 42.5 Å². The number of imidazole rings is 1. The molecule has 252 valence electrons. The summed E-state index contributed by atoms with van der Waals surface area (Å²) in [6.07, 6.45) is -1.11. The molecule has 0 bridgehead atoms. The van der Waals surface area contributed by atoms with Crippen LogP contribution in [0.1, 0.15) is 13.3 Å². The zero-order chi connectivity index (χ0) is 33.9. The predicted octanol–water partition coefficient (Wildman–Crippen LogP) is 1.99. The fraction of sp³-hybridized carbons (Fsp3) is 0.467. The number of hydrogen-bond acceptors (Lipinski definition) is 11. The third-order valence-corrected chi connectivity index (χ3v) is 9.10. The Bertz CT molecular complexity index is 1600. The Morgan fingerprint density at radius 2 is 1.89 bits per heavy atom. The van der Waals surface area contributed by atoms with Crippen molar-refractivity contribution in [3.63, 3.8) is 0 Å². The Morgan fingerprint density at radius 3 is 2.57 bits per heavy atom. The van der Waals surface area contributed by atoms with Gasteiger partial charge in [0.05, 0.1) is 43.2 Å². The number of ether oxygens (including phenoxy) is 2. The third kappa shape index (κ3) is 11.1. The SMILES string of the molecule is COCCSc1nc2ccccc2n1C[C@@H](C)Oc1cc(NC(=O)CN(C)CCN(C)C)ccc1S(=O)(=O)NC(C=O)CC(=O)O. The van der Waals surface area contributed by atoms with Gasteiger partial charge >= 0.3 is 5.97 Å². The average molecular weight is 679 g/mol. The minimum atomic E-state index is -4.43. The maximum atomic E-state index is 13.4. The molecule has 2 atom stereocenters. The highest BCUT2D eigenvalue weighted by Crippen LogP contribution is 2.30. The molecule has 0 saturated heterocycles. The number of fused-ring (bicyclic) bond motifs is 1. The topological polar surface area (TPSA) is 172 Å². The van der Waals surface area contributed by atoms with Crippen molar-refractivity contribution >= 4 is 56.7 Å². The molecule has 46 heavy (non-hydrogen) atoms. The molecule has 14 nitrogen and oxygen atoms in total. The summed E-state index contributed by atoms with van der Waals surface area (Å²) in [4.78, 5) is 43.7. The number of amides is 1. The summed E-state index contributed by atoms with van der Waals surface area (Å²) in [5, 5.41) is 12.6. The molecule has 0 aliphatic carbocycles. The molecule has 1 aromatic heterocycles. The number of methoxy groups -OCH3 is 1. The number of hydrogen-bond donors (Lipinski definition) is 3. The van der Waals surface area contributed by atoms with Gasteiger partial charge in [0.15, 0.2) is 5.16 Å². The van der Waals surface area contributed by atoms with Crippen molar-refractivity contribution in [3.8, 4) is 5.75 Å². The molecule has 1 heterocycles. The van der Waals surface area contributed by atoms with Gasteiger partial charge < -0.3 is 34.2 Å². The number of aliphatic carboxylic acids is 1. The normalized spacial score (nSPS) is 13.2. The van der Waals surface area contributed by atoms with Gasteiger partial charge in [-0.3, -0.25) is 14.5 Å². The minimum Gasteiger partial charge on any atom is -0.487 e. The molecule has 0 spiro atoms. The first-order valence-corrected chi connectivity index (χ1v) is 17.0. The van der Waals surface area contributed by atoms with E-state index in [1.807, 2.05) is 59.8 Å². The van der Waals surface area contributed by atoms with Gasteiger partial charge in [-0.15, -0.1) is 0 Å². The number of sulfonamides is 1. The number of carboxylic acids is 1. The van der Waals surface area contributed by atoms with Gasteiger partial charge in [-0.2, -0.15) is 0 Å². The molecular formula is C30H42N6O8S2. The molecule has 3 N–H and O–H groups in total. The van der Waals surface area contributed by atoms with Crippen LogP contribution in [0, 0.1) is 0 Å². The Morgan fingerprint density at radius 1 is 1.15 bits per heavy atom. The lowest BCUT2D eigenvalue weighted by Gasteiger charge is -2.21. The highest BCUT2D eigenvalue weighted by molar-refractivity contribution is 7.99. The summed E-state index contributed by atoms with van der Waals surface area (Å²) in [5.41, 5.74) is 1.96. The number of rotatable bonds is 20. The lowest BCUT2D eigenvalue weighted by molar-refractivity contribution is -0.138. The predicted molar refractivity (Wildman–Crippen MR) is 176 cm³/mol. The Labute approximate surface area is 273 Å². The lowest BCUT2D eigenvalue weighted by atomic mass is 10.2. The zero-order valence-electron chi connectivity index (χ0n) is 26.6. The molecule has 0 fully saturated rings. The number of likely N-dealkylation sites (N-methyl/N-ethyl adjacent to an activating group) is 2. The molecule has 0 aliphatic rings. The van der Waals surface area contributed by atoms with Crippen LogP contribution in [-0.4, -0.2) is 123 Å². The van der Waals surface area contributed by atoms with Gasteiger partial charge in [0.2, 0.25) is 15.9 Å². The first kappa shape index (κ1) is 36.9. The summed E-state index contributed by atoms with van der Waals surface area (Å²) >= 11 is 1.52. The molecule has 16 heteroatoms. The Balaban J connectivity index is 1.91. The van der Waals surface area contributed by atoms with Crippen LogP contribution in [0.2, 0.25) is 0 Å². The number of carbonyl (C=O) groups excluding carboxylic acids is 2. The lowest BCUT2D eigenvalue weighted by Crippen LogP contribution is -2.38. The van der Waals surface area contributed by atoms with E-state index in [2.05, 4.69) is 10.0 Å². The smallest absolute Gasteiger partial charge is 0.305 e. The molecular weight excluding hydrogens is 636 g/mol. The van der Waals surface area contributed by atoms with Crippen molar-refractivity contribution in [2.75, 3.05) is 65.6 Å². The van der Waals surface area contributed by atoms with Crippen LogP contribution < -0.4 is 14.8 Å². The molecule has 2 aromatic carbocycles. The van der Waals surface area contributed by atoms with Gasteiger partial charge in [0.1, 0.15) is 23.0 Å². The highest BCUT2D eigenvalue weighted by atomic mass is 32.2. The number of aldehydes is 1. The molecule has 1 amide bonds. The van der Waals surface area contributed by atoms with Crippen molar-refractivity contribution in [2.45, 2.75) is 42.1 Å². The van der Waals surface area contributed by atoms with Gasteiger partial charge in [0, 0.05) is 37.7 Å². The fourth-order valence-corrected chi connectivity index (χ4v) is 6.64. The summed E-state index contributed by atoms with van der Waals surface area (Å²) in [7, 11) is 2.90. The number of nitrogens with zero attached hydrogens (tertiary/aromatic N) is 4. The second-order valence-corrected chi connectivity index (χ2v) is 13.7. The van der Waals surface area contributed by atoms with Crippen LogP contribution in [0.15, 0.2) is 52.5 Å². The standard InChI is InChI=1S/C30H42N6O8S2/c1-21(18-36-25-9-7-6-8-24(25)32-30(36)45-15-14-43-5)44-26-16-22(31-28(38)19-35(4)13-12-34(2)3)10-11-27(26)46(41,42)33-23(20-37)17-29(39)40/h6-11,16,20-21,23,33H,12-15,17-19H2,1-5H3,(H,31,38)(H,39,40)/t21-,23?/m1/s1. The van der Waals surface area contributed by atoms with Crippen molar-refractivity contribution < 1.29 is 37.4 Å². The zero-order valence-corrected chi connectivity index (χ0v) is 28.3. The van der Waals surface area contributed by atoms with Crippen LogP contribution in [0.4, 0.5) is 5.69 Å². The van der Waals surface area contributed by atoms with E-state index in [0.717, 1.165) is 22.7 Å². The second kappa shape index (κ2) is 17.4. The Hall–Kier alpha value is -3.54. The summed E-state index contributed by atoms with van der Waals surface area (Å²) in [6.45, 7) is 4.13. The first-order valence-electron chi connectivity index (χ1n) is 14.5.